The summed E-state index contributed by atoms with van der Waals surface area (Å²) in [6.45, 7) is 7.07. The molecule has 0 radical (unpaired) electrons. The lowest BCUT2D eigenvalue weighted by Crippen LogP contribution is -2.28. The highest BCUT2D eigenvalue weighted by atomic mass is 79.9. The molecular weight excluding hydrogens is 394 g/mol. The molecule has 0 aromatic heterocycles. The van der Waals surface area contributed by atoms with E-state index in [9.17, 15) is 0 Å². The van der Waals surface area contributed by atoms with E-state index in [2.05, 4.69) is 67.0 Å². The third kappa shape index (κ3) is 13.5. The molecule has 0 fully saturated rings. The van der Waals surface area contributed by atoms with Crippen molar-refractivity contribution in [3.8, 4) is 0 Å². The minimum atomic E-state index is 0. The van der Waals surface area contributed by atoms with Crippen molar-refractivity contribution in [3.05, 3.63) is 35.9 Å². The lowest BCUT2D eigenvalue weighted by atomic mass is 9.86. The van der Waals surface area contributed by atoms with Crippen molar-refractivity contribution in [2.45, 2.75) is 115 Å². The van der Waals surface area contributed by atoms with Gasteiger partial charge in [-0.15, -0.1) is 0 Å². The van der Waals surface area contributed by atoms with Gasteiger partial charge in [0.25, 0.3) is 0 Å². The highest BCUT2D eigenvalue weighted by molar-refractivity contribution is 9.10. The minimum Gasteiger partial charge on any atom is -0.344 e. The molecule has 0 amide bonds. The Labute approximate surface area is 178 Å². The number of unbranched alkanes of at least 4 members (excludes halogenated alkanes) is 11. The van der Waals surface area contributed by atoms with Crippen LogP contribution in [-0.4, -0.2) is 4.32 Å². The maximum atomic E-state index is 4.02. The van der Waals surface area contributed by atoms with E-state index in [-0.39, 0.29) is 10.5 Å². The molecule has 1 rings (SSSR count). The van der Waals surface area contributed by atoms with Crippen molar-refractivity contribution >= 4 is 15.9 Å². The van der Waals surface area contributed by atoms with Crippen LogP contribution in [0.4, 0.5) is 0 Å². The van der Waals surface area contributed by atoms with Gasteiger partial charge in [0.15, 0.2) is 0 Å². The van der Waals surface area contributed by atoms with E-state index < -0.39 is 0 Å². The molecule has 0 spiro atoms. The Morgan fingerprint density at radius 1 is 0.778 bits per heavy atom. The van der Waals surface area contributed by atoms with Crippen LogP contribution in [0.15, 0.2) is 30.3 Å². The van der Waals surface area contributed by atoms with Gasteiger partial charge >= 0.3 is 0 Å². The first-order chi connectivity index (χ1) is 12.6. The van der Waals surface area contributed by atoms with Crippen molar-refractivity contribution in [1.29, 1.82) is 0 Å². The maximum Gasteiger partial charge on any atom is 0.0295 e. The number of benzene rings is 1. The summed E-state index contributed by atoms with van der Waals surface area (Å²) >= 11 is 4.02. The van der Waals surface area contributed by atoms with E-state index >= 15 is 0 Å². The second-order valence-electron chi connectivity index (χ2n) is 8.52. The van der Waals surface area contributed by atoms with Gasteiger partial charge in [-0.05, 0) is 31.2 Å². The van der Waals surface area contributed by atoms with Crippen molar-refractivity contribution in [3.63, 3.8) is 0 Å². The predicted octanol–water partition coefficient (Wildman–Crippen LogP) is 9.27. The van der Waals surface area contributed by atoms with Crippen LogP contribution in [0.1, 0.15) is 110 Å². The quantitative estimate of drug-likeness (QED) is 0.202. The monoisotopic (exact) mass is 439 g/mol. The summed E-state index contributed by atoms with van der Waals surface area (Å²) < 4.78 is 0.214. The minimum absolute atomic E-state index is 0. The van der Waals surface area contributed by atoms with Crippen molar-refractivity contribution in [2.75, 3.05) is 0 Å². The summed E-state index contributed by atoms with van der Waals surface area (Å²) in [6.07, 6.45) is 19.7. The molecule has 1 aromatic carbocycles. The van der Waals surface area contributed by atoms with Crippen LogP contribution in [0.2, 0.25) is 0 Å². The highest BCUT2D eigenvalue weighted by Gasteiger charge is 2.27. The summed E-state index contributed by atoms with van der Waals surface area (Å²) in [4.78, 5) is 0. The molecule has 0 heterocycles. The standard InChI is InChI=1S/C25H43Br.H3N/c1-4-5-6-7-8-9-10-11-12-13-14-16-19-23(2)25(3,26)22-24-20-17-15-18-21-24;/h15,17-18,20-21,23H,4-14,16,19,22H2,1-3H3;1H3. The molecule has 1 aromatic rings. The Morgan fingerprint density at radius 3 is 1.70 bits per heavy atom. The molecule has 27 heavy (non-hydrogen) atoms. The maximum absolute atomic E-state index is 4.02. The Hall–Kier alpha value is -0.340. The lowest BCUT2D eigenvalue weighted by Gasteiger charge is -2.30. The van der Waals surface area contributed by atoms with Gasteiger partial charge in [0, 0.05) is 4.32 Å². The second-order valence-corrected chi connectivity index (χ2v) is 10.3. The average Bonchev–Trinajstić information content (AvgIpc) is 2.63. The highest BCUT2D eigenvalue weighted by Crippen LogP contribution is 2.34. The number of rotatable bonds is 16. The third-order valence-corrected chi connectivity index (χ3v) is 6.97. The molecule has 158 valence electrons. The largest absolute Gasteiger partial charge is 0.344 e. The Balaban J connectivity index is 0.00000676. The van der Waals surface area contributed by atoms with Crippen LogP contribution in [0, 0.1) is 5.92 Å². The molecule has 0 saturated heterocycles. The molecule has 2 heteroatoms. The first-order valence-corrected chi connectivity index (χ1v) is 12.1. The van der Waals surface area contributed by atoms with Crippen LogP contribution < -0.4 is 6.15 Å². The van der Waals surface area contributed by atoms with Crippen LogP contribution in [-0.2, 0) is 6.42 Å². The van der Waals surface area contributed by atoms with Crippen molar-refractivity contribution in [1.82, 2.24) is 6.15 Å². The van der Waals surface area contributed by atoms with Gasteiger partial charge in [0.05, 0.1) is 0 Å². The molecule has 0 aliphatic heterocycles. The number of alkyl halides is 1. The van der Waals surface area contributed by atoms with Gasteiger partial charge in [0.1, 0.15) is 0 Å². The van der Waals surface area contributed by atoms with Crippen LogP contribution in [0.25, 0.3) is 0 Å². The van der Waals surface area contributed by atoms with E-state index in [1.54, 1.807) is 0 Å². The average molecular weight is 441 g/mol. The van der Waals surface area contributed by atoms with Crippen LogP contribution in [0.5, 0.6) is 0 Å². The van der Waals surface area contributed by atoms with Gasteiger partial charge in [-0.25, -0.2) is 0 Å². The number of halogens is 1. The zero-order chi connectivity index (χ0) is 19.1. The second kappa shape index (κ2) is 16.6. The Bertz CT molecular complexity index is 429. The summed E-state index contributed by atoms with van der Waals surface area (Å²) in [5.74, 6) is 0.714. The normalized spacial score (nSPS) is 14.4. The lowest BCUT2D eigenvalue weighted by molar-refractivity contribution is 0.391. The molecule has 1 nitrogen and oxygen atoms in total. The molecule has 0 aliphatic rings. The molecule has 2 unspecified atom stereocenters. The molecular formula is C25H46BrN. The fraction of sp³-hybridized carbons (Fsp3) is 0.760. The smallest absolute Gasteiger partial charge is 0.0295 e. The fourth-order valence-corrected chi connectivity index (χ4v) is 4.31. The Morgan fingerprint density at radius 2 is 1.22 bits per heavy atom. The van der Waals surface area contributed by atoms with Crippen LogP contribution >= 0.6 is 15.9 Å². The van der Waals surface area contributed by atoms with Crippen molar-refractivity contribution < 1.29 is 0 Å². The zero-order valence-corrected chi connectivity index (χ0v) is 20.0. The fourth-order valence-electron chi connectivity index (χ4n) is 3.76. The number of hydrogen-bond donors (Lipinski definition) is 1. The van der Waals surface area contributed by atoms with E-state index in [1.807, 2.05) is 0 Å². The Kier molecular flexibility index (Phi) is 16.4. The van der Waals surface area contributed by atoms with Gasteiger partial charge in [-0.3, -0.25) is 0 Å². The van der Waals surface area contributed by atoms with Gasteiger partial charge in [-0.2, -0.15) is 0 Å². The van der Waals surface area contributed by atoms with E-state index in [0.717, 1.165) is 6.42 Å². The zero-order valence-electron chi connectivity index (χ0n) is 18.4. The summed E-state index contributed by atoms with van der Waals surface area (Å²) in [5, 5.41) is 0. The first-order valence-electron chi connectivity index (χ1n) is 11.3. The van der Waals surface area contributed by atoms with Crippen molar-refractivity contribution in [2.24, 2.45) is 5.92 Å². The SMILES string of the molecule is CCCCCCCCCCCCCCC(C)C(C)(Br)Cc1ccccc1.N. The van der Waals surface area contributed by atoms with Gasteiger partial charge in [-0.1, -0.05) is 137 Å². The van der Waals surface area contributed by atoms with E-state index in [0.29, 0.717) is 5.92 Å². The summed E-state index contributed by atoms with van der Waals surface area (Å²) in [5.41, 5.74) is 1.44. The van der Waals surface area contributed by atoms with Gasteiger partial charge in [0.2, 0.25) is 0 Å². The molecule has 3 N–H and O–H groups in total. The summed E-state index contributed by atoms with van der Waals surface area (Å²) in [7, 11) is 0. The number of hydrogen-bond acceptors (Lipinski definition) is 1. The molecule has 2 atom stereocenters. The first kappa shape index (κ1) is 26.7. The molecule has 0 saturated carbocycles. The third-order valence-electron chi connectivity index (χ3n) is 5.91. The van der Waals surface area contributed by atoms with E-state index in [1.165, 1.54) is 89.0 Å². The van der Waals surface area contributed by atoms with Crippen LogP contribution in [0.3, 0.4) is 0 Å². The van der Waals surface area contributed by atoms with E-state index in [4.69, 9.17) is 0 Å². The predicted molar refractivity (Wildman–Crippen MR) is 127 cm³/mol. The summed E-state index contributed by atoms with van der Waals surface area (Å²) in [6, 6.07) is 10.9. The van der Waals surface area contributed by atoms with Gasteiger partial charge < -0.3 is 6.15 Å². The topological polar surface area (TPSA) is 35.0 Å². The molecule has 0 bridgehead atoms. The molecule has 0 aliphatic carbocycles.